The first-order chi connectivity index (χ1) is 13.7. The van der Waals surface area contributed by atoms with Crippen LogP contribution in [0.2, 0.25) is 0 Å². The van der Waals surface area contributed by atoms with E-state index in [-0.39, 0.29) is 5.91 Å². The molecule has 0 radical (unpaired) electrons. The molecule has 0 saturated carbocycles. The van der Waals surface area contributed by atoms with Gasteiger partial charge in [0.05, 0.1) is 18.7 Å². The molecule has 0 saturated heterocycles. The van der Waals surface area contributed by atoms with Gasteiger partial charge < -0.3 is 10.1 Å². The van der Waals surface area contributed by atoms with E-state index in [2.05, 4.69) is 36.3 Å². The lowest BCUT2D eigenvalue weighted by molar-refractivity contribution is -0.115. The van der Waals surface area contributed by atoms with E-state index in [1.165, 1.54) is 16.2 Å². The highest BCUT2D eigenvalue weighted by molar-refractivity contribution is 7.99. The van der Waals surface area contributed by atoms with Gasteiger partial charge in [-0.05, 0) is 54.1 Å². The van der Waals surface area contributed by atoms with Crippen molar-refractivity contribution in [2.45, 2.75) is 31.6 Å². The fraction of sp³-hybridized carbons (Fsp3) is 0.273. The van der Waals surface area contributed by atoms with Crippen molar-refractivity contribution in [3.05, 3.63) is 59.5 Å². The first-order valence-electron chi connectivity index (χ1n) is 9.38. The van der Waals surface area contributed by atoms with Gasteiger partial charge in [0.2, 0.25) is 5.91 Å². The van der Waals surface area contributed by atoms with Gasteiger partial charge in [-0.25, -0.2) is 4.98 Å². The quantitative estimate of drug-likeness (QED) is 0.445. The minimum Gasteiger partial charge on any atom is -0.494 e. The third kappa shape index (κ3) is 5.84. The number of rotatable bonds is 9. The van der Waals surface area contributed by atoms with Gasteiger partial charge in [-0.15, -0.1) is 23.1 Å². The predicted molar refractivity (Wildman–Crippen MR) is 119 cm³/mol. The number of benzene rings is 2. The Hall–Kier alpha value is -2.31. The van der Waals surface area contributed by atoms with Crippen molar-refractivity contribution in [1.29, 1.82) is 0 Å². The highest BCUT2D eigenvalue weighted by Crippen LogP contribution is 2.27. The van der Waals surface area contributed by atoms with Crippen LogP contribution in [0.4, 0.5) is 5.13 Å². The third-order valence-corrected chi connectivity index (χ3v) is 5.62. The highest BCUT2D eigenvalue weighted by Gasteiger charge is 2.09. The molecule has 0 fully saturated rings. The van der Waals surface area contributed by atoms with Crippen LogP contribution in [0.25, 0.3) is 11.3 Å². The van der Waals surface area contributed by atoms with Gasteiger partial charge in [0.1, 0.15) is 5.75 Å². The molecular weight excluding hydrogens is 388 g/mol. The van der Waals surface area contributed by atoms with Crippen LogP contribution in [0, 0.1) is 0 Å². The molecule has 0 spiro atoms. The van der Waals surface area contributed by atoms with E-state index in [4.69, 9.17) is 4.74 Å². The molecule has 28 heavy (non-hydrogen) atoms. The number of thioether (sulfide) groups is 1. The first-order valence-corrected chi connectivity index (χ1v) is 11.2. The Morgan fingerprint density at radius 2 is 1.86 bits per heavy atom. The first kappa shape index (κ1) is 20.4. The van der Waals surface area contributed by atoms with Crippen LogP contribution in [0.3, 0.4) is 0 Å². The number of nitrogens with zero attached hydrogens (tertiary/aromatic N) is 1. The van der Waals surface area contributed by atoms with Gasteiger partial charge in [0.25, 0.3) is 0 Å². The molecule has 4 nitrogen and oxygen atoms in total. The molecule has 6 heteroatoms. The fourth-order valence-electron chi connectivity index (χ4n) is 2.62. The molecule has 0 aliphatic rings. The van der Waals surface area contributed by atoms with Crippen molar-refractivity contribution in [1.82, 2.24) is 4.98 Å². The van der Waals surface area contributed by atoms with Gasteiger partial charge >= 0.3 is 0 Å². The Morgan fingerprint density at radius 3 is 2.54 bits per heavy atom. The highest BCUT2D eigenvalue weighted by atomic mass is 32.2. The van der Waals surface area contributed by atoms with Gasteiger partial charge in [0, 0.05) is 15.8 Å². The van der Waals surface area contributed by atoms with Crippen molar-refractivity contribution in [3.8, 4) is 17.0 Å². The number of thiazole rings is 1. The van der Waals surface area contributed by atoms with E-state index < -0.39 is 0 Å². The predicted octanol–water partition coefficient (Wildman–Crippen LogP) is 5.89. The van der Waals surface area contributed by atoms with E-state index in [0.717, 1.165) is 34.7 Å². The summed E-state index contributed by atoms with van der Waals surface area (Å²) in [6.07, 6.45) is 1.33. The molecule has 3 rings (SSSR count). The lowest BCUT2D eigenvalue weighted by Gasteiger charge is -2.05. The molecular formula is C22H24N2O2S2. The monoisotopic (exact) mass is 412 g/mol. The van der Waals surface area contributed by atoms with Gasteiger partial charge in [-0.3, -0.25) is 4.79 Å². The number of nitrogens with one attached hydrogen (secondary N) is 1. The molecule has 1 amide bonds. The number of ether oxygens (including phenoxy) is 1. The van der Waals surface area contributed by atoms with Crippen molar-refractivity contribution >= 4 is 34.1 Å². The zero-order valence-electron chi connectivity index (χ0n) is 16.1. The summed E-state index contributed by atoms with van der Waals surface area (Å²) in [5.74, 6) is 1.85. The summed E-state index contributed by atoms with van der Waals surface area (Å²) in [7, 11) is 0. The smallest absolute Gasteiger partial charge is 0.230 e. The van der Waals surface area contributed by atoms with Gasteiger partial charge in [0.15, 0.2) is 5.13 Å². The number of amides is 1. The SMILES string of the molecule is CCCOc1ccc(-c2csc(NC(=O)Cc3ccc(SCC)cc3)n2)cc1. The number of hydrogen-bond donors (Lipinski definition) is 1. The summed E-state index contributed by atoms with van der Waals surface area (Å²) in [6.45, 7) is 4.93. The molecule has 0 atom stereocenters. The average molecular weight is 413 g/mol. The van der Waals surface area contributed by atoms with E-state index in [1.54, 1.807) is 11.8 Å². The Labute approximate surface area is 174 Å². The zero-order chi connectivity index (χ0) is 19.8. The molecule has 146 valence electrons. The summed E-state index contributed by atoms with van der Waals surface area (Å²) in [6, 6.07) is 16.0. The van der Waals surface area contributed by atoms with Crippen molar-refractivity contribution in [2.75, 3.05) is 17.7 Å². The third-order valence-electron chi connectivity index (χ3n) is 3.97. The maximum atomic E-state index is 12.3. The molecule has 3 aromatic rings. The van der Waals surface area contributed by atoms with E-state index in [0.29, 0.717) is 18.2 Å². The van der Waals surface area contributed by atoms with Crippen LogP contribution in [0.1, 0.15) is 25.8 Å². The van der Waals surface area contributed by atoms with E-state index >= 15 is 0 Å². The molecule has 1 aromatic heterocycles. The normalized spacial score (nSPS) is 10.6. The van der Waals surface area contributed by atoms with E-state index in [1.807, 2.05) is 41.8 Å². The second kappa shape index (κ2) is 10.3. The summed E-state index contributed by atoms with van der Waals surface area (Å²) in [5, 5.41) is 5.47. The average Bonchev–Trinajstić information content (AvgIpc) is 3.17. The molecule has 0 bridgehead atoms. The summed E-state index contributed by atoms with van der Waals surface area (Å²) in [5.41, 5.74) is 2.85. The molecule has 0 aliphatic heterocycles. The van der Waals surface area contributed by atoms with Gasteiger partial charge in [-0.1, -0.05) is 26.0 Å². The number of carbonyl (C=O) groups is 1. The lowest BCUT2D eigenvalue weighted by atomic mass is 10.1. The van der Waals surface area contributed by atoms with Crippen LogP contribution in [-0.4, -0.2) is 23.3 Å². The number of carbonyl (C=O) groups excluding carboxylic acids is 1. The van der Waals surface area contributed by atoms with Crippen LogP contribution in [0.5, 0.6) is 5.75 Å². The Balaban J connectivity index is 1.57. The largest absolute Gasteiger partial charge is 0.494 e. The summed E-state index contributed by atoms with van der Waals surface area (Å²) < 4.78 is 5.61. The Morgan fingerprint density at radius 1 is 1.11 bits per heavy atom. The number of hydrogen-bond acceptors (Lipinski definition) is 5. The topological polar surface area (TPSA) is 51.2 Å². The minimum absolute atomic E-state index is 0.0555. The fourth-order valence-corrected chi connectivity index (χ4v) is 4.02. The zero-order valence-corrected chi connectivity index (χ0v) is 17.7. The molecule has 1 heterocycles. The van der Waals surface area contributed by atoms with Crippen molar-refractivity contribution in [3.63, 3.8) is 0 Å². The standard InChI is InChI=1S/C22H24N2O2S2/c1-3-13-26-18-9-7-17(8-10-18)20-15-28-22(23-20)24-21(25)14-16-5-11-19(12-6-16)27-4-2/h5-12,15H,3-4,13-14H2,1-2H3,(H,23,24,25). The maximum Gasteiger partial charge on any atom is 0.230 e. The molecule has 0 aliphatic carbocycles. The lowest BCUT2D eigenvalue weighted by Crippen LogP contribution is -2.14. The van der Waals surface area contributed by atoms with Crippen LogP contribution in [0.15, 0.2) is 58.8 Å². The van der Waals surface area contributed by atoms with Crippen LogP contribution < -0.4 is 10.1 Å². The second-order valence-corrected chi connectivity index (χ2v) is 8.41. The summed E-state index contributed by atoms with van der Waals surface area (Å²) in [4.78, 5) is 18.1. The van der Waals surface area contributed by atoms with Gasteiger partial charge in [-0.2, -0.15) is 0 Å². The Kier molecular flexibility index (Phi) is 7.51. The summed E-state index contributed by atoms with van der Waals surface area (Å²) >= 11 is 3.23. The van der Waals surface area contributed by atoms with E-state index in [9.17, 15) is 4.79 Å². The van der Waals surface area contributed by atoms with Crippen molar-refractivity contribution < 1.29 is 9.53 Å². The maximum absolute atomic E-state index is 12.3. The molecule has 2 aromatic carbocycles. The molecule has 0 unspecified atom stereocenters. The molecule has 1 N–H and O–H groups in total. The minimum atomic E-state index is -0.0555. The Bertz CT molecular complexity index is 890. The van der Waals surface area contributed by atoms with Crippen LogP contribution >= 0.6 is 23.1 Å². The van der Waals surface area contributed by atoms with Crippen LogP contribution in [-0.2, 0) is 11.2 Å². The number of aromatic nitrogens is 1. The van der Waals surface area contributed by atoms with Crippen molar-refractivity contribution in [2.24, 2.45) is 0 Å². The second-order valence-electron chi connectivity index (χ2n) is 6.21. The number of anilines is 1.